The average Bonchev–Trinajstić information content (AvgIpc) is 2.67. The highest BCUT2D eigenvalue weighted by Gasteiger charge is 2.31. The third-order valence-corrected chi connectivity index (χ3v) is 3.72. The van der Waals surface area contributed by atoms with Gasteiger partial charge in [-0.05, 0) is 33.3 Å². The summed E-state index contributed by atoms with van der Waals surface area (Å²) >= 11 is 0. The Bertz CT molecular complexity index is 821. The van der Waals surface area contributed by atoms with Crippen molar-refractivity contribution in [2.75, 3.05) is 20.2 Å². The number of aryl methyl sites for hydroxylation is 1. The second kappa shape index (κ2) is 10.9. The normalized spacial score (nSPS) is 11.5. The van der Waals surface area contributed by atoms with Crippen LogP contribution in [0.3, 0.4) is 0 Å². The zero-order valence-corrected chi connectivity index (χ0v) is 17.8. The van der Waals surface area contributed by atoms with Gasteiger partial charge >= 0.3 is 12.1 Å². The fourth-order valence-corrected chi connectivity index (χ4v) is 2.33. The summed E-state index contributed by atoms with van der Waals surface area (Å²) < 4.78 is 9.59. The Morgan fingerprint density at radius 3 is 2.20 bits per heavy atom. The van der Waals surface area contributed by atoms with Crippen LogP contribution < -0.4 is 10.6 Å². The Kier molecular flexibility index (Phi) is 8.86. The molecule has 1 unspecified atom stereocenters. The van der Waals surface area contributed by atoms with Crippen LogP contribution in [0.4, 0.5) is 4.79 Å². The zero-order chi connectivity index (χ0) is 22.9. The average molecular weight is 417 g/mol. The van der Waals surface area contributed by atoms with Gasteiger partial charge in [0, 0.05) is 6.04 Å². The molecular formula is C21H27N3O6. The van der Waals surface area contributed by atoms with E-state index in [-0.39, 0.29) is 6.54 Å². The van der Waals surface area contributed by atoms with Crippen LogP contribution in [0.5, 0.6) is 0 Å². The molecule has 0 aliphatic carbocycles. The molecule has 1 rings (SSSR count). The largest absolute Gasteiger partial charge is 0.468 e. The molecule has 9 heteroatoms. The van der Waals surface area contributed by atoms with E-state index in [0.717, 1.165) is 10.5 Å². The fraction of sp³-hybridized carbons (Fsp3) is 0.429. The van der Waals surface area contributed by atoms with Crippen LogP contribution in [0.15, 0.2) is 24.3 Å². The SMILES string of the molecule is C#CN(C(=O)CNC(=O)OC(C)(C)C)C(C(=O)NCC(=O)OC)c1ccc(C)cc1. The molecule has 1 aromatic carbocycles. The minimum Gasteiger partial charge on any atom is -0.468 e. The molecule has 30 heavy (non-hydrogen) atoms. The lowest BCUT2D eigenvalue weighted by molar-refractivity contribution is -0.142. The number of ether oxygens (including phenoxy) is 2. The van der Waals surface area contributed by atoms with Gasteiger partial charge < -0.3 is 20.1 Å². The van der Waals surface area contributed by atoms with Crippen molar-refractivity contribution in [2.45, 2.75) is 39.3 Å². The van der Waals surface area contributed by atoms with Crippen LogP contribution in [0.2, 0.25) is 0 Å². The summed E-state index contributed by atoms with van der Waals surface area (Å²) in [6, 6.07) is 7.78. The summed E-state index contributed by atoms with van der Waals surface area (Å²) in [4.78, 5) is 49.5. The second-order valence-corrected chi connectivity index (χ2v) is 7.36. The van der Waals surface area contributed by atoms with E-state index in [2.05, 4.69) is 21.4 Å². The van der Waals surface area contributed by atoms with Gasteiger partial charge in [0.25, 0.3) is 5.91 Å². The highest BCUT2D eigenvalue weighted by molar-refractivity contribution is 5.92. The number of amides is 3. The summed E-state index contributed by atoms with van der Waals surface area (Å²) in [7, 11) is 1.19. The number of esters is 1. The Hall–Kier alpha value is -3.54. The van der Waals surface area contributed by atoms with E-state index >= 15 is 0 Å². The number of terminal acetylenes is 1. The molecule has 0 saturated carbocycles. The first kappa shape index (κ1) is 24.5. The van der Waals surface area contributed by atoms with Gasteiger partial charge in [-0.2, -0.15) is 0 Å². The van der Waals surface area contributed by atoms with Gasteiger partial charge in [0.1, 0.15) is 24.7 Å². The number of carbonyl (C=O) groups excluding carboxylic acids is 4. The van der Waals surface area contributed by atoms with Gasteiger partial charge in [-0.1, -0.05) is 36.3 Å². The molecule has 3 amide bonds. The molecule has 0 radical (unpaired) electrons. The van der Waals surface area contributed by atoms with Gasteiger partial charge in [-0.15, -0.1) is 0 Å². The highest BCUT2D eigenvalue weighted by atomic mass is 16.6. The van der Waals surface area contributed by atoms with Crippen LogP contribution >= 0.6 is 0 Å². The lowest BCUT2D eigenvalue weighted by Crippen LogP contribution is -2.46. The topological polar surface area (TPSA) is 114 Å². The van der Waals surface area contributed by atoms with Gasteiger partial charge in [0.05, 0.1) is 7.11 Å². The summed E-state index contributed by atoms with van der Waals surface area (Å²) in [5.74, 6) is -2.04. The van der Waals surface area contributed by atoms with Crippen LogP contribution in [0.25, 0.3) is 0 Å². The standard InChI is InChI=1S/C21H27N3O6/c1-7-24(16(25)12-23-20(28)30-21(3,4)5)18(15-10-8-14(2)9-11-15)19(27)22-13-17(26)29-6/h1,8-11,18H,12-13H2,2-6H3,(H,22,27)(H,23,28). The Labute approximate surface area is 176 Å². The molecule has 0 bridgehead atoms. The fourth-order valence-electron chi connectivity index (χ4n) is 2.33. The zero-order valence-electron chi connectivity index (χ0n) is 17.8. The number of nitrogens with one attached hydrogen (secondary N) is 2. The molecule has 1 atom stereocenters. The van der Waals surface area contributed by atoms with E-state index in [1.807, 2.05) is 6.92 Å². The molecule has 0 heterocycles. The van der Waals surface area contributed by atoms with Gasteiger partial charge in [0.15, 0.2) is 0 Å². The van der Waals surface area contributed by atoms with E-state index in [1.54, 1.807) is 45.0 Å². The van der Waals surface area contributed by atoms with Crippen molar-refractivity contribution in [3.8, 4) is 12.5 Å². The first-order valence-electron chi connectivity index (χ1n) is 9.14. The Balaban J connectivity index is 3.04. The molecule has 0 fully saturated rings. The van der Waals surface area contributed by atoms with Crippen LogP contribution in [-0.4, -0.2) is 54.6 Å². The van der Waals surface area contributed by atoms with Gasteiger partial charge in [0.2, 0.25) is 5.91 Å². The molecule has 2 N–H and O–H groups in total. The quantitative estimate of drug-likeness (QED) is 0.392. The van der Waals surface area contributed by atoms with E-state index in [1.165, 1.54) is 7.11 Å². The first-order chi connectivity index (χ1) is 14.0. The summed E-state index contributed by atoms with van der Waals surface area (Å²) in [5, 5.41) is 4.71. The molecule has 1 aromatic rings. The molecule has 162 valence electrons. The minimum absolute atomic E-state index is 0.388. The summed E-state index contributed by atoms with van der Waals surface area (Å²) in [6.07, 6.45) is 4.71. The van der Waals surface area contributed by atoms with Crippen molar-refractivity contribution < 1.29 is 28.7 Å². The van der Waals surface area contributed by atoms with Crippen molar-refractivity contribution in [2.24, 2.45) is 0 Å². The number of rotatable bonds is 7. The second-order valence-electron chi connectivity index (χ2n) is 7.36. The third-order valence-electron chi connectivity index (χ3n) is 3.72. The molecular weight excluding hydrogens is 390 g/mol. The number of nitrogens with zero attached hydrogens (tertiary/aromatic N) is 1. The third kappa shape index (κ3) is 7.83. The molecule has 0 aliphatic rings. The van der Waals surface area contributed by atoms with Crippen molar-refractivity contribution in [3.63, 3.8) is 0 Å². The monoisotopic (exact) mass is 417 g/mol. The lowest BCUT2D eigenvalue weighted by Gasteiger charge is -2.26. The minimum atomic E-state index is -1.21. The molecule has 0 spiro atoms. The number of hydrogen-bond donors (Lipinski definition) is 2. The van der Waals surface area contributed by atoms with Crippen LogP contribution in [-0.2, 0) is 23.9 Å². The van der Waals surface area contributed by atoms with Gasteiger partial charge in [-0.3, -0.25) is 19.3 Å². The molecule has 0 aliphatic heterocycles. The smallest absolute Gasteiger partial charge is 0.408 e. The predicted octanol–water partition coefficient (Wildman–Crippen LogP) is 1.27. The molecule has 0 aromatic heterocycles. The lowest BCUT2D eigenvalue weighted by atomic mass is 10.0. The summed E-state index contributed by atoms with van der Waals surface area (Å²) in [6.45, 7) is 6.04. The maximum Gasteiger partial charge on any atom is 0.408 e. The number of hydrogen-bond acceptors (Lipinski definition) is 6. The van der Waals surface area contributed by atoms with Crippen molar-refractivity contribution in [3.05, 3.63) is 35.4 Å². The van der Waals surface area contributed by atoms with Crippen molar-refractivity contribution in [1.29, 1.82) is 0 Å². The van der Waals surface area contributed by atoms with E-state index < -0.39 is 42.1 Å². The van der Waals surface area contributed by atoms with E-state index in [0.29, 0.717) is 5.56 Å². The maximum atomic E-state index is 12.8. The van der Waals surface area contributed by atoms with Crippen molar-refractivity contribution >= 4 is 23.9 Å². The Morgan fingerprint density at radius 2 is 1.70 bits per heavy atom. The number of carbonyl (C=O) groups is 4. The van der Waals surface area contributed by atoms with Crippen LogP contribution in [0.1, 0.15) is 37.9 Å². The number of alkyl carbamates (subject to hydrolysis) is 1. The Morgan fingerprint density at radius 1 is 1.10 bits per heavy atom. The van der Waals surface area contributed by atoms with Gasteiger partial charge in [-0.25, -0.2) is 4.79 Å². The first-order valence-corrected chi connectivity index (χ1v) is 9.14. The number of benzene rings is 1. The number of methoxy groups -OCH3 is 1. The predicted molar refractivity (Wildman–Crippen MR) is 109 cm³/mol. The maximum absolute atomic E-state index is 12.8. The molecule has 9 nitrogen and oxygen atoms in total. The van der Waals surface area contributed by atoms with Crippen molar-refractivity contribution in [1.82, 2.24) is 15.5 Å². The highest BCUT2D eigenvalue weighted by Crippen LogP contribution is 2.21. The molecule has 0 saturated heterocycles. The van der Waals surface area contributed by atoms with E-state index in [4.69, 9.17) is 11.2 Å². The summed E-state index contributed by atoms with van der Waals surface area (Å²) in [5.41, 5.74) is 0.640. The van der Waals surface area contributed by atoms with Crippen LogP contribution in [0, 0.1) is 19.4 Å². The van der Waals surface area contributed by atoms with E-state index in [9.17, 15) is 19.2 Å².